The van der Waals surface area contributed by atoms with Gasteiger partial charge in [-0.1, -0.05) is 54.6 Å². The monoisotopic (exact) mass is 611 g/mol. The third-order valence-electron chi connectivity index (χ3n) is 6.97. The molecule has 0 unspecified atom stereocenters. The summed E-state index contributed by atoms with van der Waals surface area (Å²) >= 11 is 0. The number of hydrogen-bond donors (Lipinski definition) is 1. The van der Waals surface area contributed by atoms with Gasteiger partial charge in [-0.25, -0.2) is 23.7 Å². The third-order valence-corrected chi connectivity index (χ3v) is 6.97. The van der Waals surface area contributed by atoms with Crippen LogP contribution in [0.5, 0.6) is 0 Å². The van der Waals surface area contributed by atoms with Crippen LogP contribution < -0.4 is 10.3 Å². The number of nitrogen functional groups attached to an aromatic ring is 1. The van der Waals surface area contributed by atoms with Gasteiger partial charge in [-0.05, 0) is 49.4 Å². The number of pyridine rings is 1. The highest BCUT2D eigenvalue weighted by atomic mass is 16.7. The fourth-order valence-corrected chi connectivity index (χ4v) is 4.77. The van der Waals surface area contributed by atoms with Gasteiger partial charge in [0.25, 0.3) is 5.82 Å². The van der Waals surface area contributed by atoms with Gasteiger partial charge < -0.3 is 23.7 Å². The molecule has 0 amide bonds. The average Bonchev–Trinajstić information content (AvgIpc) is 3.40. The Morgan fingerprint density at radius 2 is 1.13 bits per heavy atom. The number of rotatable bonds is 10. The van der Waals surface area contributed by atoms with Gasteiger partial charge in [0, 0.05) is 6.07 Å². The van der Waals surface area contributed by atoms with Crippen molar-refractivity contribution in [2.24, 2.45) is 0 Å². The van der Waals surface area contributed by atoms with Crippen molar-refractivity contribution in [3.8, 4) is 0 Å². The SMILES string of the molecule is CCOC(=O)c1ccc(N)[n+]([C@H]2O[C@@H](COC(=O)c3ccccc3)[C@@H](OC(=O)c3ccccc3)[C@@H]2OC(=O)c2ccccc2)c1. The van der Waals surface area contributed by atoms with Crippen LogP contribution in [0.15, 0.2) is 109 Å². The van der Waals surface area contributed by atoms with Crippen molar-refractivity contribution in [3.63, 3.8) is 0 Å². The topological polar surface area (TPSA) is 144 Å². The van der Waals surface area contributed by atoms with Crippen LogP contribution in [0, 0.1) is 0 Å². The summed E-state index contributed by atoms with van der Waals surface area (Å²) in [6.45, 7) is 1.45. The lowest BCUT2D eigenvalue weighted by molar-refractivity contribution is -0.753. The molecule has 1 aliphatic rings. The second-order valence-corrected chi connectivity index (χ2v) is 9.97. The van der Waals surface area contributed by atoms with Crippen LogP contribution in [-0.4, -0.2) is 55.4 Å². The molecule has 3 aromatic carbocycles. The standard InChI is InChI=1S/C34H30N2O9/c1-2-41-32(38)25-18-19-27(35)36(20-25)30-29(45-34(40)24-16-10-5-11-17-24)28(44-33(39)23-14-8-4-9-15-23)26(43-30)21-42-31(37)22-12-6-3-7-13-22/h3-20,26,28-30,35H,2,21H2,1H3/p+1/t26-,28+,29-,30-/m0/s1. The molecule has 11 nitrogen and oxygen atoms in total. The number of aromatic nitrogens is 1. The van der Waals surface area contributed by atoms with Crippen LogP contribution in [-0.2, 0) is 23.7 Å². The lowest BCUT2D eigenvalue weighted by atomic mass is 10.1. The van der Waals surface area contributed by atoms with E-state index < -0.39 is 48.4 Å². The maximum absolute atomic E-state index is 13.4. The van der Waals surface area contributed by atoms with Crippen LogP contribution in [0.2, 0.25) is 0 Å². The minimum atomic E-state index is -1.30. The van der Waals surface area contributed by atoms with Gasteiger partial charge in [0.15, 0.2) is 6.10 Å². The van der Waals surface area contributed by atoms with Gasteiger partial charge in [-0.3, -0.25) is 5.73 Å². The Kier molecular flexibility index (Phi) is 9.80. The molecule has 0 radical (unpaired) electrons. The number of anilines is 1. The predicted molar refractivity (Wildman–Crippen MR) is 159 cm³/mol. The van der Waals surface area contributed by atoms with E-state index in [0.717, 1.165) is 0 Å². The Bertz CT molecular complexity index is 1650. The molecule has 230 valence electrons. The Balaban J connectivity index is 1.53. The van der Waals surface area contributed by atoms with Crippen molar-refractivity contribution in [1.29, 1.82) is 0 Å². The molecular formula is C34H31N2O9+. The first-order chi connectivity index (χ1) is 21.9. The van der Waals surface area contributed by atoms with Gasteiger partial charge >= 0.3 is 23.9 Å². The maximum Gasteiger partial charge on any atom is 0.341 e. The van der Waals surface area contributed by atoms with E-state index in [1.807, 2.05) is 0 Å². The summed E-state index contributed by atoms with van der Waals surface area (Å²) in [5, 5.41) is 0. The highest BCUT2D eigenvalue weighted by Crippen LogP contribution is 2.33. The number of benzene rings is 3. The average molecular weight is 612 g/mol. The molecule has 1 aromatic heterocycles. The third kappa shape index (κ3) is 7.34. The second-order valence-electron chi connectivity index (χ2n) is 9.97. The fourth-order valence-electron chi connectivity index (χ4n) is 4.77. The summed E-state index contributed by atoms with van der Waals surface area (Å²) in [6.07, 6.45) is -3.48. The van der Waals surface area contributed by atoms with E-state index in [-0.39, 0.29) is 35.7 Å². The molecule has 5 rings (SSSR count). The first kappa shape index (κ1) is 30.9. The predicted octanol–water partition coefficient (Wildman–Crippen LogP) is 3.94. The van der Waals surface area contributed by atoms with Gasteiger partial charge in [0.1, 0.15) is 18.9 Å². The minimum Gasteiger partial charge on any atom is -0.462 e. The molecule has 2 N–H and O–H groups in total. The van der Waals surface area contributed by atoms with Gasteiger partial charge in [0.2, 0.25) is 12.3 Å². The Labute approximate surface area is 259 Å². The molecule has 4 atom stereocenters. The van der Waals surface area contributed by atoms with E-state index >= 15 is 0 Å². The first-order valence-corrected chi connectivity index (χ1v) is 14.2. The van der Waals surface area contributed by atoms with Crippen molar-refractivity contribution in [2.45, 2.75) is 31.5 Å². The van der Waals surface area contributed by atoms with Crippen LogP contribution in [0.25, 0.3) is 0 Å². The summed E-state index contributed by atoms with van der Waals surface area (Å²) in [6, 6.07) is 27.8. The van der Waals surface area contributed by atoms with E-state index in [0.29, 0.717) is 5.56 Å². The lowest BCUT2D eigenvalue weighted by Gasteiger charge is -2.24. The molecule has 4 aromatic rings. The molecule has 45 heavy (non-hydrogen) atoms. The smallest absolute Gasteiger partial charge is 0.341 e. The highest BCUT2D eigenvalue weighted by Gasteiger charge is 2.54. The Morgan fingerprint density at radius 3 is 1.67 bits per heavy atom. The fraction of sp³-hybridized carbons (Fsp3) is 0.206. The number of esters is 4. The number of carbonyl (C=O) groups excluding carboxylic acids is 4. The van der Waals surface area contributed by atoms with Crippen LogP contribution in [0.3, 0.4) is 0 Å². The van der Waals surface area contributed by atoms with Crippen LogP contribution in [0.1, 0.15) is 54.6 Å². The summed E-state index contributed by atoms with van der Waals surface area (Å²) in [5.74, 6) is -2.54. The molecule has 2 heterocycles. The molecule has 1 fully saturated rings. The minimum absolute atomic E-state index is 0.142. The van der Waals surface area contributed by atoms with Gasteiger partial charge in [-0.2, -0.15) is 0 Å². The molecule has 1 aliphatic heterocycles. The number of ether oxygens (including phenoxy) is 5. The zero-order valence-electron chi connectivity index (χ0n) is 24.3. The number of hydrogen-bond acceptors (Lipinski definition) is 10. The molecule has 11 heteroatoms. The zero-order valence-corrected chi connectivity index (χ0v) is 24.3. The molecule has 0 saturated carbocycles. The van der Waals surface area contributed by atoms with Crippen molar-refractivity contribution in [3.05, 3.63) is 132 Å². The molecule has 0 aliphatic carbocycles. The molecule has 0 bridgehead atoms. The largest absolute Gasteiger partial charge is 0.462 e. The van der Waals surface area contributed by atoms with Gasteiger partial charge in [0.05, 0.1) is 28.9 Å². The lowest BCUT2D eigenvalue weighted by Crippen LogP contribution is -2.50. The van der Waals surface area contributed by atoms with Crippen LogP contribution >= 0.6 is 0 Å². The first-order valence-electron chi connectivity index (χ1n) is 14.2. The van der Waals surface area contributed by atoms with Crippen LogP contribution in [0.4, 0.5) is 5.82 Å². The molecular weight excluding hydrogens is 580 g/mol. The summed E-state index contributed by atoms with van der Waals surface area (Å²) in [5.41, 5.74) is 7.26. The summed E-state index contributed by atoms with van der Waals surface area (Å²) in [7, 11) is 0. The maximum atomic E-state index is 13.4. The van der Waals surface area contributed by atoms with E-state index in [1.165, 1.54) is 22.9 Å². The number of nitrogens with zero attached hydrogens (tertiary/aromatic N) is 1. The normalized spacial score (nSPS) is 18.9. The van der Waals surface area contributed by atoms with E-state index in [4.69, 9.17) is 29.4 Å². The van der Waals surface area contributed by atoms with Crippen molar-refractivity contribution in [1.82, 2.24) is 0 Å². The number of nitrogens with two attached hydrogens (primary N) is 1. The van der Waals surface area contributed by atoms with E-state index in [9.17, 15) is 19.2 Å². The van der Waals surface area contributed by atoms with Crippen molar-refractivity contribution < 1.29 is 47.4 Å². The summed E-state index contributed by atoms with van der Waals surface area (Å²) in [4.78, 5) is 52.1. The van der Waals surface area contributed by atoms with Crippen molar-refractivity contribution >= 4 is 29.7 Å². The summed E-state index contributed by atoms with van der Waals surface area (Å²) < 4.78 is 30.3. The second kappa shape index (κ2) is 14.3. The Morgan fingerprint density at radius 1 is 0.644 bits per heavy atom. The van der Waals surface area contributed by atoms with Gasteiger partial charge in [-0.15, -0.1) is 0 Å². The number of carbonyl (C=O) groups is 4. The van der Waals surface area contributed by atoms with E-state index in [2.05, 4.69) is 0 Å². The van der Waals surface area contributed by atoms with Crippen molar-refractivity contribution in [2.75, 3.05) is 18.9 Å². The quantitative estimate of drug-likeness (QED) is 0.159. The van der Waals surface area contributed by atoms with E-state index in [1.54, 1.807) is 97.9 Å². The Hall–Kier alpha value is -5.55. The zero-order chi connectivity index (χ0) is 31.8. The molecule has 1 saturated heterocycles. The molecule has 0 spiro atoms. The highest BCUT2D eigenvalue weighted by molar-refractivity contribution is 5.91.